The highest BCUT2D eigenvalue weighted by Crippen LogP contribution is 2.11. The topological polar surface area (TPSA) is 63.2 Å². The van der Waals surface area contributed by atoms with Crippen LogP contribution in [0.2, 0.25) is 0 Å². The van der Waals surface area contributed by atoms with Crippen LogP contribution in [0, 0.1) is 6.92 Å². The molecule has 0 bridgehead atoms. The Bertz CT molecular complexity index is 432. The van der Waals surface area contributed by atoms with Crippen LogP contribution in [0.1, 0.15) is 18.5 Å². The van der Waals surface area contributed by atoms with Gasteiger partial charge in [0.25, 0.3) is 0 Å². The van der Waals surface area contributed by atoms with Crippen LogP contribution in [-0.2, 0) is 4.74 Å². The number of anilines is 1. The number of pyridine rings is 1. The van der Waals surface area contributed by atoms with Crippen molar-refractivity contribution >= 4 is 11.7 Å². The maximum atomic E-state index is 11.6. The highest BCUT2D eigenvalue weighted by molar-refractivity contribution is 5.89. The molecule has 2 rings (SSSR count). The second-order valence-electron chi connectivity index (χ2n) is 4.20. The molecule has 1 saturated heterocycles. The second kappa shape index (κ2) is 6.16. The molecule has 0 atom stereocenters. The summed E-state index contributed by atoms with van der Waals surface area (Å²) in [7, 11) is 0. The summed E-state index contributed by atoms with van der Waals surface area (Å²) in [5, 5.41) is 5.44. The number of hydrogen-bond acceptors (Lipinski definition) is 3. The molecule has 2 amide bonds. The number of ether oxygens (including phenoxy) is 1. The molecular formula is C13H17N3O2. The van der Waals surface area contributed by atoms with Crippen molar-refractivity contribution in [1.82, 2.24) is 10.3 Å². The smallest absolute Gasteiger partial charge is 0.323 e. The van der Waals surface area contributed by atoms with Gasteiger partial charge in [0.15, 0.2) is 0 Å². The molecule has 0 saturated carbocycles. The Labute approximate surface area is 106 Å². The largest absolute Gasteiger partial charge is 0.381 e. The van der Waals surface area contributed by atoms with Gasteiger partial charge in [-0.25, -0.2) is 4.79 Å². The van der Waals surface area contributed by atoms with E-state index in [0.29, 0.717) is 5.69 Å². The number of carbonyl (C=O) groups excluding carboxylic acids is 1. The van der Waals surface area contributed by atoms with Crippen LogP contribution >= 0.6 is 0 Å². The van der Waals surface area contributed by atoms with E-state index in [9.17, 15) is 4.79 Å². The molecule has 1 aliphatic rings. The number of nitrogens with one attached hydrogen (secondary N) is 2. The van der Waals surface area contributed by atoms with E-state index in [1.165, 1.54) is 5.57 Å². The molecule has 18 heavy (non-hydrogen) atoms. The third-order valence-corrected chi connectivity index (χ3v) is 2.71. The van der Waals surface area contributed by atoms with Crippen molar-refractivity contribution in [3.8, 4) is 0 Å². The number of urea groups is 1. The molecular weight excluding hydrogens is 230 g/mol. The van der Waals surface area contributed by atoms with Crippen LogP contribution in [0.5, 0.6) is 0 Å². The lowest BCUT2D eigenvalue weighted by Crippen LogP contribution is -2.25. The van der Waals surface area contributed by atoms with E-state index >= 15 is 0 Å². The molecule has 2 heterocycles. The predicted molar refractivity (Wildman–Crippen MR) is 69.3 cm³/mol. The minimum absolute atomic E-state index is 0.250. The van der Waals surface area contributed by atoms with E-state index in [-0.39, 0.29) is 6.03 Å². The quantitative estimate of drug-likeness (QED) is 0.842. The zero-order valence-electron chi connectivity index (χ0n) is 10.4. The first-order valence-electron chi connectivity index (χ1n) is 6.00. The van der Waals surface area contributed by atoms with E-state index in [4.69, 9.17) is 4.74 Å². The normalized spacial score (nSPS) is 15.1. The molecule has 1 aromatic heterocycles. The Hall–Kier alpha value is -1.88. The maximum Gasteiger partial charge on any atom is 0.323 e. The van der Waals surface area contributed by atoms with Gasteiger partial charge in [0.2, 0.25) is 0 Å². The molecule has 0 aliphatic carbocycles. The van der Waals surface area contributed by atoms with E-state index in [1.807, 2.05) is 19.1 Å². The summed E-state index contributed by atoms with van der Waals surface area (Å²) in [4.78, 5) is 15.7. The number of aryl methyl sites for hydroxylation is 1. The van der Waals surface area contributed by atoms with Crippen LogP contribution in [0.15, 0.2) is 30.1 Å². The fourth-order valence-corrected chi connectivity index (χ4v) is 1.65. The minimum Gasteiger partial charge on any atom is -0.381 e. The first-order valence-corrected chi connectivity index (χ1v) is 6.00. The number of hydrogen-bond donors (Lipinski definition) is 2. The molecule has 1 fully saturated rings. The fourth-order valence-electron chi connectivity index (χ4n) is 1.65. The molecule has 96 valence electrons. The average molecular weight is 247 g/mol. The monoisotopic (exact) mass is 247 g/mol. The summed E-state index contributed by atoms with van der Waals surface area (Å²) in [6.45, 7) is 3.37. The van der Waals surface area contributed by atoms with E-state index < -0.39 is 0 Å². The summed E-state index contributed by atoms with van der Waals surface area (Å²) in [6.07, 6.45) is 5.16. The van der Waals surface area contributed by atoms with Gasteiger partial charge in [0.05, 0.1) is 25.1 Å². The molecule has 5 heteroatoms. The Balaban J connectivity index is 1.83. The lowest BCUT2D eigenvalue weighted by molar-refractivity contribution is 0.119. The van der Waals surface area contributed by atoms with Crippen LogP contribution < -0.4 is 10.6 Å². The fraction of sp³-hybridized carbons (Fsp3) is 0.385. The van der Waals surface area contributed by atoms with Crippen molar-refractivity contribution in [1.29, 1.82) is 0 Å². The third kappa shape index (κ3) is 3.85. The van der Waals surface area contributed by atoms with Gasteiger partial charge in [-0.05, 0) is 37.5 Å². The number of amides is 2. The lowest BCUT2D eigenvalue weighted by Gasteiger charge is -2.14. The Morgan fingerprint density at radius 2 is 2.17 bits per heavy atom. The highest BCUT2D eigenvalue weighted by Gasteiger charge is 2.06. The summed E-state index contributed by atoms with van der Waals surface area (Å²) < 4.78 is 5.24. The predicted octanol–water partition coefficient (Wildman–Crippen LogP) is 2.21. The molecule has 1 aliphatic heterocycles. The lowest BCUT2D eigenvalue weighted by atomic mass is 10.1. The van der Waals surface area contributed by atoms with Crippen molar-refractivity contribution in [2.45, 2.75) is 19.8 Å². The molecule has 0 radical (unpaired) electrons. The zero-order valence-corrected chi connectivity index (χ0v) is 10.4. The summed E-state index contributed by atoms with van der Waals surface area (Å²) in [6, 6.07) is 3.43. The number of aromatic nitrogens is 1. The van der Waals surface area contributed by atoms with Gasteiger partial charge in [-0.1, -0.05) is 0 Å². The summed E-state index contributed by atoms with van der Waals surface area (Å²) in [5.41, 5.74) is 2.81. The van der Waals surface area contributed by atoms with E-state index in [0.717, 1.165) is 31.7 Å². The third-order valence-electron chi connectivity index (χ3n) is 2.71. The van der Waals surface area contributed by atoms with E-state index in [1.54, 1.807) is 12.4 Å². The first-order chi connectivity index (χ1) is 8.74. The van der Waals surface area contributed by atoms with Gasteiger partial charge >= 0.3 is 6.03 Å². The summed E-state index contributed by atoms with van der Waals surface area (Å²) in [5.74, 6) is 0. The number of nitrogens with zero attached hydrogens (tertiary/aromatic N) is 1. The Kier molecular flexibility index (Phi) is 4.30. The summed E-state index contributed by atoms with van der Waals surface area (Å²) >= 11 is 0. The van der Waals surface area contributed by atoms with E-state index in [2.05, 4.69) is 15.6 Å². The number of rotatable bonds is 2. The van der Waals surface area contributed by atoms with Gasteiger partial charge in [0, 0.05) is 11.9 Å². The van der Waals surface area contributed by atoms with Crippen molar-refractivity contribution in [2.24, 2.45) is 0 Å². The average Bonchev–Trinajstić information content (AvgIpc) is 2.40. The standard InChI is InChI=1S/C13H17N3O2/c1-10-2-3-12(9-14-10)16-13(17)15-8-11-4-6-18-7-5-11/h2-3,8-9H,4-7H2,1H3,(H2,15,16,17). The van der Waals surface area contributed by atoms with Crippen molar-refractivity contribution in [3.63, 3.8) is 0 Å². The molecule has 5 nitrogen and oxygen atoms in total. The Morgan fingerprint density at radius 3 is 2.83 bits per heavy atom. The molecule has 1 aromatic rings. The Morgan fingerprint density at radius 1 is 1.39 bits per heavy atom. The minimum atomic E-state index is -0.250. The SMILES string of the molecule is Cc1ccc(NC(=O)NC=C2CCOCC2)cn1. The molecule has 0 spiro atoms. The number of carbonyl (C=O) groups is 1. The highest BCUT2D eigenvalue weighted by atomic mass is 16.5. The van der Waals surface area contributed by atoms with Gasteiger partial charge in [-0.3, -0.25) is 4.98 Å². The van der Waals surface area contributed by atoms with Crippen LogP contribution in [0.3, 0.4) is 0 Å². The van der Waals surface area contributed by atoms with Crippen molar-refractivity contribution in [2.75, 3.05) is 18.5 Å². The van der Waals surface area contributed by atoms with Crippen LogP contribution in [0.25, 0.3) is 0 Å². The molecule has 0 aromatic carbocycles. The van der Waals surface area contributed by atoms with Crippen molar-refractivity contribution in [3.05, 3.63) is 35.8 Å². The van der Waals surface area contributed by atoms with Gasteiger partial charge in [-0.15, -0.1) is 0 Å². The zero-order chi connectivity index (χ0) is 12.8. The van der Waals surface area contributed by atoms with Crippen LogP contribution in [-0.4, -0.2) is 24.2 Å². The van der Waals surface area contributed by atoms with Gasteiger partial charge in [-0.2, -0.15) is 0 Å². The second-order valence-corrected chi connectivity index (χ2v) is 4.20. The first kappa shape index (κ1) is 12.6. The molecule has 0 unspecified atom stereocenters. The van der Waals surface area contributed by atoms with Gasteiger partial charge < -0.3 is 15.4 Å². The van der Waals surface area contributed by atoms with Gasteiger partial charge in [0.1, 0.15) is 0 Å². The maximum absolute atomic E-state index is 11.6. The van der Waals surface area contributed by atoms with Crippen LogP contribution in [0.4, 0.5) is 10.5 Å². The van der Waals surface area contributed by atoms with Crippen molar-refractivity contribution < 1.29 is 9.53 Å². The molecule has 2 N–H and O–H groups in total.